The van der Waals surface area contributed by atoms with Crippen LogP contribution in [0, 0.1) is 0 Å². The molecule has 1 aromatic rings. The highest BCUT2D eigenvalue weighted by molar-refractivity contribution is 5.78. The number of nitrogens with one attached hydrogen (secondary N) is 1. The second kappa shape index (κ2) is 9.32. The van der Waals surface area contributed by atoms with Gasteiger partial charge in [-0.25, -0.2) is 4.59 Å². The molecule has 0 saturated carbocycles. The van der Waals surface area contributed by atoms with Gasteiger partial charge in [-0.05, 0) is 69.6 Å². The van der Waals surface area contributed by atoms with E-state index in [0.717, 1.165) is 18.5 Å². The van der Waals surface area contributed by atoms with Gasteiger partial charge < -0.3 is 4.90 Å². The Hall–Kier alpha value is -1.94. The summed E-state index contributed by atoms with van der Waals surface area (Å²) in [6, 6.07) is 6.54. The number of nitrogens with zero attached hydrogens (tertiary/aromatic N) is 2. The fraction of sp³-hybridized carbons (Fsp3) is 0.417. The quantitative estimate of drug-likeness (QED) is 0.394. The van der Waals surface area contributed by atoms with Gasteiger partial charge in [-0.1, -0.05) is 42.5 Å². The standard InChI is InChI=1S/C24H36N3/c1-19(2)22-16-17-23-21(12-10-13-24(23)27(6,7)25-3)15-14-20(22)11-8-9-18-26(4)5/h10,12-17,25H,1,8-9,11,18H2,2-7H3/q+1. The molecule has 2 rings (SSSR count). The van der Waals surface area contributed by atoms with Gasteiger partial charge >= 0.3 is 0 Å². The lowest BCUT2D eigenvalue weighted by molar-refractivity contribution is 0.317. The normalized spacial score (nSPS) is 14.3. The lowest BCUT2D eigenvalue weighted by Crippen LogP contribution is -2.51. The minimum absolute atomic E-state index is 0.630. The number of hydrogen-bond donors (Lipinski definition) is 1. The summed E-state index contributed by atoms with van der Waals surface area (Å²) in [6.07, 6.45) is 12.6. The lowest BCUT2D eigenvalue weighted by Gasteiger charge is -2.29. The maximum Gasteiger partial charge on any atom is 0.159 e. The van der Waals surface area contributed by atoms with Gasteiger partial charge in [0.15, 0.2) is 5.69 Å². The van der Waals surface area contributed by atoms with Crippen LogP contribution in [0.5, 0.6) is 0 Å². The number of fused-ring (bicyclic) bond motifs is 1. The fourth-order valence-electron chi connectivity index (χ4n) is 3.44. The zero-order chi connectivity index (χ0) is 20.0. The van der Waals surface area contributed by atoms with Crippen molar-refractivity contribution >= 4 is 17.8 Å². The molecule has 27 heavy (non-hydrogen) atoms. The van der Waals surface area contributed by atoms with Gasteiger partial charge in [0.25, 0.3) is 0 Å². The number of quaternary nitrogens is 1. The molecule has 1 aromatic carbocycles. The number of rotatable bonds is 8. The summed E-state index contributed by atoms with van der Waals surface area (Å²) in [5, 5.41) is 0. The van der Waals surface area contributed by atoms with Crippen molar-refractivity contribution in [3.63, 3.8) is 0 Å². The Kier molecular flexibility index (Phi) is 7.37. The SMILES string of the molecule is C=C(C)C1=C(CCCCN(C)C)C=Cc2cccc([N+](C)(C)NC)c2C=C1. The predicted octanol–water partition coefficient (Wildman–Crippen LogP) is 5.03. The van der Waals surface area contributed by atoms with Crippen LogP contribution < -0.4 is 10.0 Å². The molecule has 0 radical (unpaired) electrons. The van der Waals surface area contributed by atoms with Crippen molar-refractivity contribution in [2.45, 2.75) is 26.2 Å². The van der Waals surface area contributed by atoms with Gasteiger partial charge in [-0.15, -0.1) is 0 Å². The summed E-state index contributed by atoms with van der Waals surface area (Å²) < 4.78 is 0.630. The van der Waals surface area contributed by atoms with Gasteiger partial charge in [0.1, 0.15) is 0 Å². The Balaban J connectivity index is 2.38. The van der Waals surface area contributed by atoms with Crippen LogP contribution in [0.1, 0.15) is 37.3 Å². The molecule has 0 bridgehead atoms. The zero-order valence-electron chi connectivity index (χ0n) is 18.0. The van der Waals surface area contributed by atoms with Crippen LogP contribution in [0.2, 0.25) is 0 Å². The first-order chi connectivity index (χ1) is 12.8. The van der Waals surface area contributed by atoms with E-state index in [2.05, 4.69) is 94.5 Å². The van der Waals surface area contributed by atoms with E-state index in [1.54, 1.807) is 0 Å². The first kappa shape index (κ1) is 21.4. The van der Waals surface area contributed by atoms with Crippen LogP contribution in [0.25, 0.3) is 12.2 Å². The second-order valence-corrected chi connectivity index (χ2v) is 8.10. The highest BCUT2D eigenvalue weighted by Gasteiger charge is 2.22. The minimum Gasteiger partial charge on any atom is -0.309 e. The third-order valence-electron chi connectivity index (χ3n) is 5.27. The van der Waals surface area contributed by atoms with Gasteiger partial charge in [-0.2, -0.15) is 5.43 Å². The van der Waals surface area contributed by atoms with Gasteiger partial charge in [0.2, 0.25) is 0 Å². The minimum atomic E-state index is 0.630. The predicted molar refractivity (Wildman–Crippen MR) is 121 cm³/mol. The van der Waals surface area contributed by atoms with Gasteiger partial charge in [0.05, 0.1) is 14.1 Å². The monoisotopic (exact) mass is 366 g/mol. The average Bonchev–Trinajstić information content (AvgIpc) is 2.60. The molecule has 1 aliphatic carbocycles. The molecule has 0 fully saturated rings. The topological polar surface area (TPSA) is 15.3 Å². The molecular weight excluding hydrogens is 330 g/mol. The molecule has 1 N–H and O–H groups in total. The summed E-state index contributed by atoms with van der Waals surface area (Å²) >= 11 is 0. The van der Waals surface area contributed by atoms with Crippen LogP contribution in [-0.4, -0.2) is 46.7 Å². The molecule has 0 aromatic heterocycles. The van der Waals surface area contributed by atoms with E-state index in [-0.39, 0.29) is 0 Å². The Morgan fingerprint density at radius 1 is 1.07 bits per heavy atom. The second-order valence-electron chi connectivity index (χ2n) is 8.10. The summed E-state index contributed by atoms with van der Waals surface area (Å²) in [7, 11) is 10.6. The van der Waals surface area contributed by atoms with Crippen LogP contribution in [0.3, 0.4) is 0 Å². The molecule has 0 unspecified atom stereocenters. The van der Waals surface area contributed by atoms with Crippen LogP contribution in [0.4, 0.5) is 5.69 Å². The molecule has 0 atom stereocenters. The lowest BCUT2D eigenvalue weighted by atomic mass is 9.92. The van der Waals surface area contributed by atoms with Gasteiger partial charge in [0, 0.05) is 18.7 Å². The molecule has 0 spiro atoms. The molecule has 3 heteroatoms. The van der Waals surface area contributed by atoms with E-state index in [0.29, 0.717) is 4.59 Å². The molecule has 0 saturated heterocycles. The molecule has 3 nitrogen and oxygen atoms in total. The van der Waals surface area contributed by atoms with E-state index < -0.39 is 0 Å². The summed E-state index contributed by atoms with van der Waals surface area (Å²) in [5.74, 6) is 0. The van der Waals surface area contributed by atoms with E-state index in [1.165, 1.54) is 40.8 Å². The number of hydrogen-bond acceptors (Lipinski definition) is 2. The fourth-order valence-corrected chi connectivity index (χ4v) is 3.44. The maximum absolute atomic E-state index is 4.23. The number of benzene rings is 1. The van der Waals surface area contributed by atoms with Gasteiger partial charge in [-0.3, -0.25) is 0 Å². The first-order valence-corrected chi connectivity index (χ1v) is 9.82. The van der Waals surface area contributed by atoms with E-state index in [4.69, 9.17) is 0 Å². The Labute approximate surface area is 165 Å². The largest absolute Gasteiger partial charge is 0.309 e. The van der Waals surface area contributed by atoms with Crippen molar-refractivity contribution in [3.8, 4) is 0 Å². The Bertz CT molecular complexity index is 764. The van der Waals surface area contributed by atoms with Crippen LogP contribution >= 0.6 is 0 Å². The molecule has 0 aliphatic heterocycles. The molecule has 0 heterocycles. The summed E-state index contributed by atoms with van der Waals surface area (Å²) in [5.41, 5.74) is 10.9. The van der Waals surface area contributed by atoms with Crippen LogP contribution in [0.15, 0.2) is 53.6 Å². The third-order valence-corrected chi connectivity index (χ3v) is 5.27. The third kappa shape index (κ3) is 5.52. The average molecular weight is 367 g/mol. The van der Waals surface area contributed by atoms with Crippen molar-refractivity contribution in [2.75, 3.05) is 41.8 Å². The highest BCUT2D eigenvalue weighted by atomic mass is 15.6. The van der Waals surface area contributed by atoms with Crippen molar-refractivity contribution in [1.82, 2.24) is 14.9 Å². The summed E-state index contributed by atoms with van der Waals surface area (Å²) in [6.45, 7) is 7.48. The van der Waals surface area contributed by atoms with E-state index >= 15 is 0 Å². The number of allylic oxidation sites excluding steroid dienone is 5. The zero-order valence-corrected chi connectivity index (χ0v) is 18.0. The Morgan fingerprint density at radius 3 is 2.44 bits per heavy atom. The van der Waals surface area contributed by atoms with Crippen molar-refractivity contribution in [2.24, 2.45) is 0 Å². The van der Waals surface area contributed by atoms with Crippen molar-refractivity contribution in [1.29, 1.82) is 0 Å². The maximum atomic E-state index is 4.23. The summed E-state index contributed by atoms with van der Waals surface area (Å²) in [4.78, 5) is 2.25. The van der Waals surface area contributed by atoms with E-state index in [9.17, 15) is 0 Å². The molecule has 0 amide bonds. The highest BCUT2D eigenvalue weighted by Crippen LogP contribution is 2.32. The number of unbranched alkanes of at least 4 members (excludes halogenated alkanes) is 1. The molecular formula is C24H36N3+. The molecule has 146 valence electrons. The van der Waals surface area contributed by atoms with E-state index in [1.807, 2.05) is 7.05 Å². The van der Waals surface area contributed by atoms with Crippen molar-refractivity contribution in [3.05, 3.63) is 64.8 Å². The smallest absolute Gasteiger partial charge is 0.159 e. The first-order valence-electron chi connectivity index (χ1n) is 9.82. The molecule has 1 aliphatic rings. The van der Waals surface area contributed by atoms with Crippen molar-refractivity contribution < 1.29 is 0 Å². The Morgan fingerprint density at radius 2 is 1.81 bits per heavy atom. The van der Waals surface area contributed by atoms with Crippen LogP contribution in [-0.2, 0) is 0 Å².